The fourth-order valence-corrected chi connectivity index (χ4v) is 2.44. The zero-order valence-electron chi connectivity index (χ0n) is 11.0. The van der Waals surface area contributed by atoms with E-state index in [9.17, 15) is 4.39 Å². The molecule has 2 rings (SSSR count). The number of hydrogen-bond acceptors (Lipinski definition) is 3. The largest absolute Gasteiger partial charge is 0.399 e. The molecule has 1 fully saturated rings. The standard InChI is InChI=1S/C14H22FN3/c1-18-8-5-11(6-9-18)4-7-17-14-3-2-12(16)10-13(14)15/h2-3,10-11,17H,4-9,16H2,1H3. The van der Waals surface area contributed by atoms with E-state index in [0.29, 0.717) is 11.4 Å². The van der Waals surface area contributed by atoms with Gasteiger partial charge in [-0.3, -0.25) is 0 Å². The molecular formula is C14H22FN3. The topological polar surface area (TPSA) is 41.3 Å². The summed E-state index contributed by atoms with van der Waals surface area (Å²) in [7, 11) is 2.16. The monoisotopic (exact) mass is 251 g/mol. The Morgan fingerprint density at radius 3 is 2.78 bits per heavy atom. The Labute approximate surface area is 108 Å². The van der Waals surface area contributed by atoms with E-state index < -0.39 is 0 Å². The fraction of sp³-hybridized carbons (Fsp3) is 0.571. The number of piperidine rings is 1. The summed E-state index contributed by atoms with van der Waals surface area (Å²) in [5.74, 6) is 0.504. The molecule has 0 amide bonds. The number of nitrogens with zero attached hydrogens (tertiary/aromatic N) is 1. The number of nitrogens with one attached hydrogen (secondary N) is 1. The summed E-state index contributed by atoms with van der Waals surface area (Å²) in [6, 6.07) is 4.79. The van der Waals surface area contributed by atoms with Crippen molar-refractivity contribution >= 4 is 11.4 Å². The van der Waals surface area contributed by atoms with Crippen LogP contribution in [0.25, 0.3) is 0 Å². The summed E-state index contributed by atoms with van der Waals surface area (Å²) >= 11 is 0. The Kier molecular flexibility index (Phi) is 4.42. The van der Waals surface area contributed by atoms with Crippen LogP contribution in [0.4, 0.5) is 15.8 Å². The molecule has 0 radical (unpaired) electrons. The van der Waals surface area contributed by atoms with Gasteiger partial charge in [0.25, 0.3) is 0 Å². The second-order valence-electron chi connectivity index (χ2n) is 5.20. The molecule has 3 N–H and O–H groups in total. The number of nitrogens with two attached hydrogens (primary N) is 1. The molecule has 1 aliphatic heterocycles. The van der Waals surface area contributed by atoms with Crippen LogP contribution < -0.4 is 11.1 Å². The molecule has 0 saturated carbocycles. The summed E-state index contributed by atoms with van der Waals surface area (Å²) in [6.45, 7) is 3.19. The van der Waals surface area contributed by atoms with Gasteiger partial charge in [0.2, 0.25) is 0 Å². The normalized spacial score (nSPS) is 17.9. The second kappa shape index (κ2) is 6.05. The van der Waals surface area contributed by atoms with Gasteiger partial charge in [-0.1, -0.05) is 0 Å². The molecule has 4 heteroatoms. The van der Waals surface area contributed by atoms with Crippen LogP contribution in [0.15, 0.2) is 18.2 Å². The lowest BCUT2D eigenvalue weighted by molar-refractivity contribution is 0.215. The molecule has 0 bridgehead atoms. The van der Waals surface area contributed by atoms with Crippen molar-refractivity contribution in [2.45, 2.75) is 19.3 Å². The molecule has 0 spiro atoms. The van der Waals surface area contributed by atoms with Crippen molar-refractivity contribution in [2.24, 2.45) is 5.92 Å². The zero-order chi connectivity index (χ0) is 13.0. The van der Waals surface area contributed by atoms with Crippen LogP contribution in [-0.2, 0) is 0 Å². The first-order chi connectivity index (χ1) is 8.65. The minimum absolute atomic E-state index is 0.265. The molecule has 1 aromatic carbocycles. The summed E-state index contributed by atoms with van der Waals surface area (Å²) < 4.78 is 13.5. The third kappa shape index (κ3) is 3.60. The van der Waals surface area contributed by atoms with Crippen LogP contribution in [0.1, 0.15) is 19.3 Å². The molecule has 0 aromatic heterocycles. The molecular weight excluding hydrogens is 229 g/mol. The molecule has 1 aliphatic rings. The van der Waals surface area contributed by atoms with E-state index in [0.717, 1.165) is 18.9 Å². The number of rotatable bonds is 4. The zero-order valence-corrected chi connectivity index (χ0v) is 11.0. The molecule has 3 nitrogen and oxygen atoms in total. The van der Waals surface area contributed by atoms with Gasteiger partial charge in [-0.25, -0.2) is 4.39 Å². The van der Waals surface area contributed by atoms with Gasteiger partial charge < -0.3 is 16.0 Å². The number of likely N-dealkylation sites (tertiary alicyclic amines) is 1. The first kappa shape index (κ1) is 13.1. The van der Waals surface area contributed by atoms with Crippen LogP contribution >= 0.6 is 0 Å². The van der Waals surface area contributed by atoms with E-state index in [4.69, 9.17) is 5.73 Å². The van der Waals surface area contributed by atoms with E-state index in [1.54, 1.807) is 12.1 Å². The van der Waals surface area contributed by atoms with Crippen LogP contribution in [-0.4, -0.2) is 31.6 Å². The maximum atomic E-state index is 13.5. The minimum atomic E-state index is -0.265. The van der Waals surface area contributed by atoms with E-state index in [2.05, 4.69) is 17.3 Å². The summed E-state index contributed by atoms with van der Waals surface area (Å²) in [5, 5.41) is 3.15. The quantitative estimate of drug-likeness (QED) is 0.808. The second-order valence-corrected chi connectivity index (χ2v) is 5.20. The molecule has 1 heterocycles. The Balaban J connectivity index is 1.75. The summed E-state index contributed by atoms with van der Waals surface area (Å²) in [4.78, 5) is 2.36. The predicted octanol–water partition coefficient (Wildman–Crippen LogP) is 2.55. The number of benzene rings is 1. The lowest BCUT2D eigenvalue weighted by atomic mass is 9.94. The van der Waals surface area contributed by atoms with Crippen molar-refractivity contribution in [3.8, 4) is 0 Å². The third-order valence-electron chi connectivity index (χ3n) is 3.70. The maximum Gasteiger partial charge on any atom is 0.148 e. The molecule has 0 aliphatic carbocycles. The highest BCUT2D eigenvalue weighted by atomic mass is 19.1. The Bertz CT molecular complexity index is 387. The van der Waals surface area contributed by atoms with Crippen molar-refractivity contribution in [3.63, 3.8) is 0 Å². The molecule has 0 unspecified atom stereocenters. The van der Waals surface area contributed by atoms with E-state index in [-0.39, 0.29) is 5.82 Å². The highest BCUT2D eigenvalue weighted by Gasteiger charge is 2.16. The molecule has 100 valence electrons. The van der Waals surface area contributed by atoms with Crippen molar-refractivity contribution in [1.82, 2.24) is 4.90 Å². The molecule has 1 saturated heterocycles. The van der Waals surface area contributed by atoms with Crippen molar-refractivity contribution in [2.75, 3.05) is 37.7 Å². The summed E-state index contributed by atoms with van der Waals surface area (Å²) in [5.41, 5.74) is 6.53. The highest BCUT2D eigenvalue weighted by Crippen LogP contribution is 2.21. The third-order valence-corrected chi connectivity index (χ3v) is 3.70. The van der Waals surface area contributed by atoms with E-state index >= 15 is 0 Å². The fourth-order valence-electron chi connectivity index (χ4n) is 2.44. The van der Waals surface area contributed by atoms with E-state index in [1.807, 2.05) is 0 Å². The average Bonchev–Trinajstić information content (AvgIpc) is 2.34. The molecule has 1 aromatic rings. The predicted molar refractivity (Wildman–Crippen MR) is 74.1 cm³/mol. The summed E-state index contributed by atoms with van der Waals surface area (Å²) in [6.07, 6.45) is 3.61. The van der Waals surface area contributed by atoms with Gasteiger partial charge in [0, 0.05) is 12.2 Å². The smallest absolute Gasteiger partial charge is 0.148 e. The minimum Gasteiger partial charge on any atom is -0.399 e. The Morgan fingerprint density at radius 2 is 2.11 bits per heavy atom. The Hall–Kier alpha value is -1.29. The molecule has 18 heavy (non-hydrogen) atoms. The lowest BCUT2D eigenvalue weighted by Crippen LogP contribution is -2.30. The van der Waals surface area contributed by atoms with Gasteiger partial charge in [0.05, 0.1) is 5.69 Å². The Morgan fingerprint density at radius 1 is 1.39 bits per heavy atom. The van der Waals surface area contributed by atoms with Crippen molar-refractivity contribution in [3.05, 3.63) is 24.0 Å². The number of hydrogen-bond donors (Lipinski definition) is 2. The van der Waals surface area contributed by atoms with Crippen LogP contribution in [0.3, 0.4) is 0 Å². The van der Waals surface area contributed by atoms with Gasteiger partial charge in [0.15, 0.2) is 0 Å². The highest BCUT2D eigenvalue weighted by molar-refractivity contribution is 5.52. The van der Waals surface area contributed by atoms with Gasteiger partial charge >= 0.3 is 0 Å². The van der Waals surface area contributed by atoms with Crippen LogP contribution in [0.2, 0.25) is 0 Å². The van der Waals surface area contributed by atoms with Crippen LogP contribution in [0, 0.1) is 11.7 Å². The number of anilines is 2. The van der Waals surface area contributed by atoms with E-state index in [1.165, 1.54) is 32.0 Å². The average molecular weight is 251 g/mol. The maximum absolute atomic E-state index is 13.5. The lowest BCUT2D eigenvalue weighted by Gasteiger charge is -2.29. The first-order valence-corrected chi connectivity index (χ1v) is 6.62. The van der Waals surface area contributed by atoms with Crippen molar-refractivity contribution in [1.29, 1.82) is 0 Å². The number of halogens is 1. The van der Waals surface area contributed by atoms with Gasteiger partial charge in [-0.05, 0) is 63.5 Å². The number of nitrogen functional groups attached to an aromatic ring is 1. The first-order valence-electron chi connectivity index (χ1n) is 6.62. The van der Waals surface area contributed by atoms with Gasteiger partial charge in [-0.15, -0.1) is 0 Å². The van der Waals surface area contributed by atoms with Gasteiger partial charge in [0.1, 0.15) is 5.82 Å². The van der Waals surface area contributed by atoms with Crippen LogP contribution in [0.5, 0.6) is 0 Å². The molecule has 0 atom stereocenters. The van der Waals surface area contributed by atoms with Crippen molar-refractivity contribution < 1.29 is 4.39 Å². The van der Waals surface area contributed by atoms with Gasteiger partial charge in [-0.2, -0.15) is 0 Å². The SMILES string of the molecule is CN1CCC(CCNc2ccc(N)cc2F)CC1.